The molecule has 0 radical (unpaired) electrons. The monoisotopic (exact) mass is 389 g/mol. The molecule has 0 aliphatic heterocycles. The fraction of sp³-hybridized carbons (Fsp3) is 0.333. The summed E-state index contributed by atoms with van der Waals surface area (Å²) in [6.07, 6.45) is 0. The molecular weight excluding hydrogens is 366 g/mol. The molecule has 0 bridgehead atoms. The molecule has 0 heterocycles. The van der Waals surface area contributed by atoms with E-state index in [0.29, 0.717) is 5.75 Å². The zero-order chi connectivity index (χ0) is 20.0. The molecule has 0 saturated carbocycles. The molecule has 0 unspecified atom stereocenters. The van der Waals surface area contributed by atoms with E-state index >= 15 is 0 Å². The maximum atomic E-state index is 10.9. The molecule has 144 valence electrons. The Bertz CT molecular complexity index is 823. The minimum absolute atomic E-state index is 0.0398. The molecule has 27 heavy (non-hydrogen) atoms. The minimum Gasteiger partial charge on any atom is -0.490 e. The molecule has 2 rings (SSSR count). The Kier molecular flexibility index (Phi) is 6.86. The standard InChI is InChI=1S/C21H24ClNO4/c1-14(15-5-7-16(8-6-15)21(2,3)4)23-27-12-11-26-17-9-10-18(20(24)25)19(22)13-17/h5-10,13H,11-12H2,1-4H3,(H,24,25)/b23-14-. The van der Waals surface area contributed by atoms with Crippen molar-refractivity contribution in [2.45, 2.75) is 33.1 Å². The van der Waals surface area contributed by atoms with E-state index < -0.39 is 5.97 Å². The number of hydrogen-bond acceptors (Lipinski definition) is 4. The number of carbonyl (C=O) groups is 1. The van der Waals surface area contributed by atoms with Crippen LogP contribution in [0, 0.1) is 0 Å². The van der Waals surface area contributed by atoms with E-state index in [1.165, 1.54) is 17.7 Å². The third kappa shape index (κ3) is 6.00. The highest BCUT2D eigenvalue weighted by atomic mass is 35.5. The number of aromatic carboxylic acids is 1. The highest BCUT2D eigenvalue weighted by Crippen LogP contribution is 2.23. The maximum absolute atomic E-state index is 10.9. The molecule has 0 aliphatic carbocycles. The summed E-state index contributed by atoms with van der Waals surface area (Å²) in [7, 11) is 0. The topological polar surface area (TPSA) is 68.1 Å². The fourth-order valence-electron chi connectivity index (χ4n) is 2.36. The highest BCUT2D eigenvalue weighted by Gasteiger charge is 2.13. The van der Waals surface area contributed by atoms with Crippen LogP contribution in [0.15, 0.2) is 47.6 Å². The van der Waals surface area contributed by atoms with Gasteiger partial charge in [-0.2, -0.15) is 0 Å². The number of carboxylic acids is 1. The van der Waals surface area contributed by atoms with E-state index in [0.717, 1.165) is 11.3 Å². The summed E-state index contributed by atoms with van der Waals surface area (Å²) in [5.74, 6) is -0.595. The predicted octanol–water partition coefficient (Wildman–Crippen LogP) is 5.16. The van der Waals surface area contributed by atoms with E-state index in [1.54, 1.807) is 6.07 Å². The van der Waals surface area contributed by atoms with Crippen molar-refractivity contribution in [2.75, 3.05) is 13.2 Å². The Morgan fingerprint density at radius 1 is 1.11 bits per heavy atom. The second-order valence-electron chi connectivity index (χ2n) is 7.13. The fourth-order valence-corrected chi connectivity index (χ4v) is 2.61. The van der Waals surface area contributed by atoms with E-state index in [-0.39, 0.29) is 29.2 Å². The van der Waals surface area contributed by atoms with Gasteiger partial charge >= 0.3 is 5.97 Å². The number of oxime groups is 1. The van der Waals surface area contributed by atoms with Gasteiger partial charge < -0.3 is 14.7 Å². The summed E-state index contributed by atoms with van der Waals surface area (Å²) < 4.78 is 5.49. The quantitative estimate of drug-likeness (QED) is 0.403. The van der Waals surface area contributed by atoms with E-state index in [9.17, 15) is 4.79 Å². The molecule has 5 nitrogen and oxygen atoms in total. The first kappa shape index (κ1) is 20.8. The Labute approximate surface area is 164 Å². The van der Waals surface area contributed by atoms with Gasteiger partial charge in [0.2, 0.25) is 0 Å². The SMILES string of the molecule is C/C(=N/OCCOc1ccc(C(=O)O)c(Cl)c1)c1ccc(C(C)(C)C)cc1. The van der Waals surface area contributed by atoms with Crippen molar-refractivity contribution < 1.29 is 19.5 Å². The van der Waals surface area contributed by atoms with Crippen molar-refractivity contribution in [2.24, 2.45) is 5.16 Å². The first-order chi connectivity index (χ1) is 12.7. The number of carboxylic acid groups (broad SMARTS) is 1. The molecule has 0 atom stereocenters. The highest BCUT2D eigenvalue weighted by molar-refractivity contribution is 6.33. The normalized spacial score (nSPS) is 12.0. The van der Waals surface area contributed by atoms with Crippen molar-refractivity contribution in [3.05, 3.63) is 64.2 Å². The van der Waals surface area contributed by atoms with Gasteiger partial charge in [0.05, 0.1) is 16.3 Å². The molecule has 0 spiro atoms. The lowest BCUT2D eigenvalue weighted by Crippen LogP contribution is -2.11. The third-order valence-electron chi connectivity index (χ3n) is 3.98. The summed E-state index contributed by atoms with van der Waals surface area (Å²) in [5.41, 5.74) is 3.20. The molecular formula is C21H24ClNO4. The molecule has 0 amide bonds. The van der Waals surface area contributed by atoms with Crippen LogP contribution in [0.25, 0.3) is 0 Å². The average Bonchev–Trinajstić information content (AvgIpc) is 2.60. The molecule has 2 aromatic carbocycles. The number of rotatable bonds is 7. The van der Waals surface area contributed by atoms with Crippen LogP contribution in [0.2, 0.25) is 5.02 Å². The lowest BCUT2D eigenvalue weighted by atomic mass is 9.86. The van der Waals surface area contributed by atoms with Gasteiger partial charge in [-0.25, -0.2) is 4.79 Å². The van der Waals surface area contributed by atoms with Crippen LogP contribution in [0.3, 0.4) is 0 Å². The van der Waals surface area contributed by atoms with Crippen molar-refractivity contribution in [3.8, 4) is 5.75 Å². The van der Waals surface area contributed by atoms with Gasteiger partial charge in [0.1, 0.15) is 12.4 Å². The number of halogens is 1. The van der Waals surface area contributed by atoms with Crippen LogP contribution in [-0.4, -0.2) is 30.0 Å². The molecule has 6 heteroatoms. The molecule has 0 fully saturated rings. The predicted molar refractivity (Wildman–Crippen MR) is 107 cm³/mol. The second-order valence-corrected chi connectivity index (χ2v) is 7.54. The van der Waals surface area contributed by atoms with Gasteiger partial charge in [0.15, 0.2) is 6.61 Å². The lowest BCUT2D eigenvalue weighted by molar-refractivity contribution is 0.0697. The average molecular weight is 390 g/mol. The number of benzene rings is 2. The van der Waals surface area contributed by atoms with Crippen LogP contribution in [0.4, 0.5) is 0 Å². The Hall–Kier alpha value is -2.53. The molecule has 0 aliphatic rings. The van der Waals surface area contributed by atoms with Gasteiger partial charge in [-0.1, -0.05) is 61.8 Å². The van der Waals surface area contributed by atoms with Gasteiger partial charge in [0, 0.05) is 0 Å². The molecule has 0 aromatic heterocycles. The first-order valence-electron chi connectivity index (χ1n) is 8.61. The number of nitrogens with zero attached hydrogens (tertiary/aromatic N) is 1. The largest absolute Gasteiger partial charge is 0.490 e. The Morgan fingerprint density at radius 3 is 2.33 bits per heavy atom. The smallest absolute Gasteiger partial charge is 0.337 e. The lowest BCUT2D eigenvalue weighted by Gasteiger charge is -2.19. The van der Waals surface area contributed by atoms with Crippen LogP contribution in [0.1, 0.15) is 49.2 Å². The summed E-state index contributed by atoms with van der Waals surface area (Å²) in [6.45, 7) is 8.94. The van der Waals surface area contributed by atoms with Gasteiger partial charge in [-0.05, 0) is 41.7 Å². The van der Waals surface area contributed by atoms with Crippen molar-refractivity contribution in [1.82, 2.24) is 0 Å². The second kappa shape index (κ2) is 8.91. The summed E-state index contributed by atoms with van der Waals surface area (Å²) in [4.78, 5) is 16.2. The molecule has 1 N–H and O–H groups in total. The van der Waals surface area contributed by atoms with Crippen LogP contribution >= 0.6 is 11.6 Å². The van der Waals surface area contributed by atoms with Crippen molar-refractivity contribution >= 4 is 23.3 Å². The zero-order valence-corrected chi connectivity index (χ0v) is 16.7. The van der Waals surface area contributed by atoms with Gasteiger partial charge in [-0.3, -0.25) is 0 Å². The van der Waals surface area contributed by atoms with Crippen LogP contribution in [-0.2, 0) is 10.3 Å². The Morgan fingerprint density at radius 2 is 1.78 bits per heavy atom. The molecule has 2 aromatic rings. The minimum atomic E-state index is -1.07. The first-order valence-corrected chi connectivity index (χ1v) is 8.99. The van der Waals surface area contributed by atoms with E-state index in [2.05, 4.69) is 38.1 Å². The third-order valence-corrected chi connectivity index (χ3v) is 4.30. The van der Waals surface area contributed by atoms with Crippen molar-refractivity contribution in [1.29, 1.82) is 0 Å². The van der Waals surface area contributed by atoms with Crippen molar-refractivity contribution in [3.63, 3.8) is 0 Å². The zero-order valence-electron chi connectivity index (χ0n) is 16.0. The Balaban J connectivity index is 1.83. The van der Waals surface area contributed by atoms with E-state index in [1.807, 2.05) is 19.1 Å². The number of ether oxygens (including phenoxy) is 1. The summed E-state index contributed by atoms with van der Waals surface area (Å²) in [6, 6.07) is 12.7. The van der Waals surface area contributed by atoms with Gasteiger partial charge in [0.25, 0.3) is 0 Å². The number of hydrogen-bond donors (Lipinski definition) is 1. The van der Waals surface area contributed by atoms with Crippen LogP contribution in [0.5, 0.6) is 5.75 Å². The molecule has 0 saturated heterocycles. The van der Waals surface area contributed by atoms with Crippen LogP contribution < -0.4 is 4.74 Å². The van der Waals surface area contributed by atoms with Gasteiger partial charge in [-0.15, -0.1) is 0 Å². The maximum Gasteiger partial charge on any atom is 0.337 e. The summed E-state index contributed by atoms with van der Waals surface area (Å²) in [5, 5.41) is 13.2. The van der Waals surface area contributed by atoms with E-state index in [4.69, 9.17) is 26.3 Å². The summed E-state index contributed by atoms with van der Waals surface area (Å²) >= 11 is 5.90.